The second-order valence-electron chi connectivity index (χ2n) is 3.93. The van der Waals surface area contributed by atoms with E-state index in [1.807, 2.05) is 31.4 Å². The van der Waals surface area contributed by atoms with Crippen molar-refractivity contribution in [2.24, 2.45) is 12.8 Å². The van der Waals surface area contributed by atoms with E-state index < -0.39 is 5.91 Å². The summed E-state index contributed by atoms with van der Waals surface area (Å²) in [6, 6.07) is 5.65. The summed E-state index contributed by atoms with van der Waals surface area (Å²) in [5.74, 6) is -0.619. The number of amides is 1. The maximum Gasteiger partial charge on any atom is 0.271 e. The van der Waals surface area contributed by atoms with Crippen molar-refractivity contribution in [1.82, 2.24) is 25.2 Å². The minimum Gasteiger partial charge on any atom is -0.364 e. The highest BCUT2D eigenvalue weighted by Gasteiger charge is 2.18. The molecule has 2 aromatic heterocycles. The molecule has 3 rings (SSSR count). The number of hydrogen-bond acceptors (Lipinski definition) is 4. The Labute approximate surface area is 102 Å². The molecule has 0 aliphatic heterocycles. The Hall–Kier alpha value is -2.70. The number of hydrogen-bond donors (Lipinski definition) is 2. The summed E-state index contributed by atoms with van der Waals surface area (Å²) in [5.41, 5.74) is 7.29. The molecule has 0 saturated carbocycles. The molecule has 0 aliphatic rings. The third-order valence-corrected chi connectivity index (χ3v) is 2.69. The number of aromatic nitrogens is 5. The number of rotatable bonds is 2. The van der Waals surface area contributed by atoms with E-state index in [2.05, 4.69) is 20.5 Å². The number of primary amides is 1. The number of fused-ring (bicyclic) bond motifs is 1. The average Bonchev–Trinajstić information content (AvgIpc) is 2.92. The smallest absolute Gasteiger partial charge is 0.271 e. The van der Waals surface area contributed by atoms with Crippen LogP contribution in [0.2, 0.25) is 0 Å². The normalized spacial score (nSPS) is 10.9. The number of nitrogens with two attached hydrogens (primary N) is 1. The highest BCUT2D eigenvalue weighted by Crippen LogP contribution is 2.27. The summed E-state index contributed by atoms with van der Waals surface area (Å²) in [5, 5.41) is 15.5. The topological polar surface area (TPSA) is 102 Å². The van der Waals surface area contributed by atoms with Crippen LogP contribution in [-0.4, -0.2) is 31.1 Å². The zero-order chi connectivity index (χ0) is 12.7. The van der Waals surface area contributed by atoms with Crippen LogP contribution in [0.5, 0.6) is 0 Å². The molecule has 7 nitrogen and oxygen atoms in total. The number of aromatic amines is 1. The molecule has 0 radical (unpaired) electrons. The van der Waals surface area contributed by atoms with Crippen molar-refractivity contribution < 1.29 is 4.79 Å². The molecule has 7 heteroatoms. The van der Waals surface area contributed by atoms with Crippen molar-refractivity contribution in [2.75, 3.05) is 0 Å². The van der Waals surface area contributed by atoms with Crippen LogP contribution in [0.1, 0.15) is 10.5 Å². The zero-order valence-electron chi connectivity index (χ0n) is 9.58. The van der Waals surface area contributed by atoms with Crippen LogP contribution in [0.4, 0.5) is 0 Å². The molecule has 0 aliphatic carbocycles. The van der Waals surface area contributed by atoms with Crippen LogP contribution in [-0.2, 0) is 7.05 Å². The second-order valence-corrected chi connectivity index (χ2v) is 3.93. The Morgan fingerprint density at radius 3 is 3.00 bits per heavy atom. The van der Waals surface area contributed by atoms with Crippen molar-refractivity contribution in [2.45, 2.75) is 0 Å². The van der Waals surface area contributed by atoms with Gasteiger partial charge in [0.1, 0.15) is 11.2 Å². The molecule has 18 heavy (non-hydrogen) atoms. The zero-order valence-corrected chi connectivity index (χ0v) is 9.58. The minimum absolute atomic E-state index is 0.119. The van der Waals surface area contributed by atoms with Crippen molar-refractivity contribution in [1.29, 1.82) is 0 Å². The van der Waals surface area contributed by atoms with Gasteiger partial charge in [-0.3, -0.25) is 9.48 Å². The van der Waals surface area contributed by atoms with E-state index in [0.29, 0.717) is 5.69 Å². The maximum atomic E-state index is 11.3. The third kappa shape index (κ3) is 1.45. The molecule has 3 aromatic rings. The van der Waals surface area contributed by atoms with E-state index in [9.17, 15) is 4.79 Å². The number of benzene rings is 1. The number of nitrogens with zero attached hydrogens (tertiary/aromatic N) is 4. The van der Waals surface area contributed by atoms with Gasteiger partial charge >= 0.3 is 0 Å². The molecule has 2 heterocycles. The van der Waals surface area contributed by atoms with E-state index in [1.54, 1.807) is 4.68 Å². The first-order valence-corrected chi connectivity index (χ1v) is 5.30. The first-order valence-electron chi connectivity index (χ1n) is 5.30. The number of H-pyrrole nitrogens is 1. The van der Waals surface area contributed by atoms with Gasteiger partial charge < -0.3 is 5.73 Å². The van der Waals surface area contributed by atoms with E-state index >= 15 is 0 Å². The lowest BCUT2D eigenvalue weighted by molar-refractivity contribution is 0.0996. The first-order chi connectivity index (χ1) is 8.66. The van der Waals surface area contributed by atoms with Crippen molar-refractivity contribution in [3.05, 3.63) is 30.1 Å². The quantitative estimate of drug-likeness (QED) is 0.681. The Kier molecular flexibility index (Phi) is 2.12. The minimum atomic E-state index is -0.619. The third-order valence-electron chi connectivity index (χ3n) is 2.69. The Balaban J connectivity index is 2.31. The molecular weight excluding hydrogens is 232 g/mol. The summed E-state index contributed by atoms with van der Waals surface area (Å²) in [4.78, 5) is 11.3. The molecule has 1 aromatic carbocycles. The number of aryl methyl sites for hydroxylation is 1. The van der Waals surface area contributed by atoms with Gasteiger partial charge in [0.25, 0.3) is 5.91 Å². The van der Waals surface area contributed by atoms with Gasteiger partial charge in [-0.2, -0.15) is 20.5 Å². The molecule has 0 fully saturated rings. The van der Waals surface area contributed by atoms with Crippen LogP contribution >= 0.6 is 0 Å². The van der Waals surface area contributed by atoms with Crippen molar-refractivity contribution in [3.8, 4) is 11.3 Å². The lowest BCUT2D eigenvalue weighted by Crippen LogP contribution is -2.12. The fourth-order valence-electron chi connectivity index (χ4n) is 1.95. The van der Waals surface area contributed by atoms with Gasteiger partial charge in [0.15, 0.2) is 5.69 Å². The predicted octanol–water partition coefficient (Wildman–Crippen LogP) is 0.457. The lowest BCUT2D eigenvalue weighted by atomic mass is 10.1. The van der Waals surface area contributed by atoms with Crippen LogP contribution in [0, 0.1) is 0 Å². The SMILES string of the molecule is Cn1cc2cccc(-c3n[nH]nc3C(N)=O)c2n1. The van der Waals surface area contributed by atoms with Gasteiger partial charge in [-0.05, 0) is 0 Å². The molecule has 90 valence electrons. The Bertz CT molecular complexity index is 741. The van der Waals surface area contributed by atoms with Gasteiger partial charge in [0, 0.05) is 24.2 Å². The van der Waals surface area contributed by atoms with E-state index in [4.69, 9.17) is 5.73 Å². The van der Waals surface area contributed by atoms with Gasteiger partial charge in [-0.15, -0.1) is 0 Å². The Morgan fingerprint density at radius 2 is 2.22 bits per heavy atom. The molecule has 0 saturated heterocycles. The fourth-order valence-corrected chi connectivity index (χ4v) is 1.95. The van der Waals surface area contributed by atoms with Gasteiger partial charge in [-0.25, -0.2) is 0 Å². The summed E-state index contributed by atoms with van der Waals surface area (Å²) in [7, 11) is 1.83. The maximum absolute atomic E-state index is 11.3. The van der Waals surface area contributed by atoms with Gasteiger partial charge in [0.2, 0.25) is 0 Å². The molecule has 0 atom stereocenters. The van der Waals surface area contributed by atoms with Crippen molar-refractivity contribution in [3.63, 3.8) is 0 Å². The van der Waals surface area contributed by atoms with E-state index in [-0.39, 0.29) is 5.69 Å². The lowest BCUT2D eigenvalue weighted by Gasteiger charge is -1.98. The molecule has 0 bridgehead atoms. The fraction of sp³-hybridized carbons (Fsp3) is 0.0909. The van der Waals surface area contributed by atoms with Gasteiger partial charge in [-0.1, -0.05) is 18.2 Å². The highest BCUT2D eigenvalue weighted by atomic mass is 16.1. The van der Waals surface area contributed by atoms with E-state index in [1.165, 1.54) is 0 Å². The molecule has 1 amide bonds. The second kappa shape index (κ2) is 3.66. The largest absolute Gasteiger partial charge is 0.364 e. The molecular formula is C11H10N6O. The standard InChI is InChI=1S/C11H10N6O/c1-17-5-6-3-2-4-7(8(6)15-17)9-10(11(12)18)14-16-13-9/h2-5H,1H3,(H2,12,18)(H,13,14,16). The Morgan fingerprint density at radius 1 is 1.39 bits per heavy atom. The first kappa shape index (κ1) is 10.5. The van der Waals surface area contributed by atoms with E-state index in [0.717, 1.165) is 16.5 Å². The summed E-state index contributed by atoms with van der Waals surface area (Å²) >= 11 is 0. The summed E-state index contributed by atoms with van der Waals surface area (Å²) in [6.45, 7) is 0. The predicted molar refractivity (Wildman–Crippen MR) is 64.6 cm³/mol. The highest BCUT2D eigenvalue weighted by molar-refractivity contribution is 6.01. The van der Waals surface area contributed by atoms with Crippen LogP contribution in [0.15, 0.2) is 24.4 Å². The number of carbonyl (C=O) groups excluding carboxylic acids is 1. The van der Waals surface area contributed by atoms with Crippen LogP contribution < -0.4 is 5.73 Å². The van der Waals surface area contributed by atoms with Gasteiger partial charge in [0.05, 0.1) is 0 Å². The molecule has 3 N–H and O–H groups in total. The summed E-state index contributed by atoms with van der Waals surface area (Å²) < 4.78 is 1.71. The molecule has 0 spiro atoms. The summed E-state index contributed by atoms with van der Waals surface area (Å²) in [6.07, 6.45) is 1.89. The number of carbonyl (C=O) groups is 1. The molecule has 0 unspecified atom stereocenters. The average molecular weight is 242 g/mol. The van der Waals surface area contributed by atoms with Crippen LogP contribution in [0.25, 0.3) is 22.2 Å². The van der Waals surface area contributed by atoms with Crippen LogP contribution in [0.3, 0.4) is 0 Å². The van der Waals surface area contributed by atoms with Crippen molar-refractivity contribution >= 4 is 16.8 Å². The monoisotopic (exact) mass is 242 g/mol. The number of nitrogens with one attached hydrogen (secondary N) is 1.